The van der Waals surface area contributed by atoms with E-state index in [1.165, 1.54) is 5.56 Å². The molecule has 2 saturated carbocycles. The Morgan fingerprint density at radius 2 is 1.63 bits per heavy atom. The number of nitrogens with zero attached hydrogens (tertiary/aromatic N) is 3. The van der Waals surface area contributed by atoms with E-state index < -0.39 is 0 Å². The minimum Gasteiger partial charge on any atom is -0.299 e. The topological polar surface area (TPSA) is 65.8 Å². The molecule has 4 nitrogen and oxygen atoms in total. The van der Waals surface area contributed by atoms with Gasteiger partial charge in [-0.05, 0) is 54.7 Å². The van der Waals surface area contributed by atoms with Crippen LogP contribution in [0.4, 0.5) is 0 Å². The van der Waals surface area contributed by atoms with Crippen molar-refractivity contribution in [2.45, 2.75) is 50.5 Å². The van der Waals surface area contributed by atoms with Crippen molar-refractivity contribution in [2.24, 2.45) is 16.4 Å². The van der Waals surface area contributed by atoms with Crippen LogP contribution in [-0.2, 0) is 11.2 Å². The quantitative estimate of drug-likeness (QED) is 0.384. The highest BCUT2D eigenvalue weighted by Crippen LogP contribution is 2.57. The molecule has 0 N–H and O–H groups in total. The lowest BCUT2D eigenvalue weighted by molar-refractivity contribution is -0.128. The third kappa shape index (κ3) is 3.38. The largest absolute Gasteiger partial charge is 0.299 e. The number of ketones is 1. The molecule has 0 amide bonds. The van der Waals surface area contributed by atoms with Crippen LogP contribution in [0, 0.1) is 11.3 Å². The number of hydrogen-bond donors (Lipinski definition) is 0. The second-order valence-corrected chi connectivity index (χ2v) is 8.08. The van der Waals surface area contributed by atoms with Gasteiger partial charge in [0.15, 0.2) is 0 Å². The monoisotopic (exact) mass is 359 g/mol. The molecular formula is C23H25N3O. The summed E-state index contributed by atoms with van der Waals surface area (Å²) in [5.41, 5.74) is 11.2. The summed E-state index contributed by atoms with van der Waals surface area (Å²) in [6.45, 7) is 0. The number of Topliss-reactive ketones (excluding diaryl/α,β-unsaturated/α-hetero) is 1. The molecule has 2 aliphatic carbocycles. The van der Waals surface area contributed by atoms with Gasteiger partial charge in [-0.1, -0.05) is 65.8 Å². The summed E-state index contributed by atoms with van der Waals surface area (Å²) >= 11 is 0. The van der Waals surface area contributed by atoms with Gasteiger partial charge in [0.05, 0.1) is 6.04 Å². The van der Waals surface area contributed by atoms with Crippen LogP contribution < -0.4 is 0 Å². The fraction of sp³-hybridized carbons (Fsp3) is 0.435. The molecule has 0 radical (unpaired) electrons. The van der Waals surface area contributed by atoms with E-state index in [4.69, 9.17) is 5.53 Å². The Morgan fingerprint density at radius 3 is 2.26 bits per heavy atom. The van der Waals surface area contributed by atoms with E-state index >= 15 is 0 Å². The molecule has 138 valence electrons. The molecule has 4 heteroatoms. The summed E-state index contributed by atoms with van der Waals surface area (Å²) in [5.74, 6) is 0.937. The zero-order valence-corrected chi connectivity index (χ0v) is 15.5. The van der Waals surface area contributed by atoms with Crippen LogP contribution in [0.5, 0.6) is 0 Å². The van der Waals surface area contributed by atoms with Crippen molar-refractivity contribution in [1.82, 2.24) is 0 Å². The predicted octanol–water partition coefficient (Wildman–Crippen LogP) is 5.84. The maximum absolute atomic E-state index is 13.1. The molecule has 2 fully saturated rings. The maximum atomic E-state index is 13.1. The summed E-state index contributed by atoms with van der Waals surface area (Å²) in [5, 5.41) is 4.03. The van der Waals surface area contributed by atoms with Crippen molar-refractivity contribution in [3.63, 3.8) is 0 Å². The standard InChI is InChI=1S/C23H25N3O/c24-26-25-20-16-21(27)23(22(20)19-9-5-2-6-10-19)13-11-18(12-14-23)15-17-7-3-1-4-8-17/h1-10,18,20,22H,11-16H2. The van der Waals surface area contributed by atoms with Gasteiger partial charge in [-0.15, -0.1) is 0 Å². The van der Waals surface area contributed by atoms with Gasteiger partial charge in [-0.25, -0.2) is 0 Å². The Bertz CT molecular complexity index is 834. The summed E-state index contributed by atoms with van der Waals surface area (Å²) in [7, 11) is 0. The zero-order valence-electron chi connectivity index (χ0n) is 15.5. The molecule has 2 aliphatic rings. The van der Waals surface area contributed by atoms with Crippen molar-refractivity contribution >= 4 is 5.78 Å². The average molecular weight is 359 g/mol. The van der Waals surface area contributed by atoms with Crippen molar-refractivity contribution < 1.29 is 4.79 Å². The van der Waals surface area contributed by atoms with Crippen LogP contribution in [0.2, 0.25) is 0 Å². The molecule has 0 aromatic heterocycles. The molecule has 0 aliphatic heterocycles. The van der Waals surface area contributed by atoms with Gasteiger partial charge in [-0.3, -0.25) is 4.79 Å². The molecular weight excluding hydrogens is 334 g/mol. The lowest BCUT2D eigenvalue weighted by Crippen LogP contribution is -2.37. The van der Waals surface area contributed by atoms with Crippen molar-refractivity contribution in [2.75, 3.05) is 0 Å². The van der Waals surface area contributed by atoms with Crippen LogP contribution in [0.15, 0.2) is 65.8 Å². The van der Waals surface area contributed by atoms with Gasteiger partial charge >= 0.3 is 0 Å². The van der Waals surface area contributed by atoms with Gasteiger partial charge in [0.1, 0.15) is 5.78 Å². The van der Waals surface area contributed by atoms with Crippen LogP contribution in [0.3, 0.4) is 0 Å². The number of hydrogen-bond acceptors (Lipinski definition) is 2. The Morgan fingerprint density at radius 1 is 1.00 bits per heavy atom. The summed E-state index contributed by atoms with van der Waals surface area (Å²) in [6.07, 6.45) is 5.40. The number of carbonyl (C=O) groups excluding carboxylic acids is 1. The highest BCUT2D eigenvalue weighted by molar-refractivity contribution is 5.89. The van der Waals surface area contributed by atoms with Crippen molar-refractivity contribution in [3.05, 3.63) is 82.2 Å². The number of carbonyl (C=O) groups is 1. The van der Waals surface area contributed by atoms with E-state index in [9.17, 15) is 4.79 Å². The molecule has 0 bridgehead atoms. The molecule has 27 heavy (non-hydrogen) atoms. The molecule has 2 aromatic carbocycles. The Kier molecular flexibility index (Phi) is 5.00. The summed E-state index contributed by atoms with van der Waals surface area (Å²) < 4.78 is 0. The molecule has 1 spiro atoms. The molecule has 2 unspecified atom stereocenters. The zero-order chi connectivity index (χ0) is 18.7. The second kappa shape index (κ2) is 7.58. The molecule has 4 rings (SSSR count). The fourth-order valence-electron chi connectivity index (χ4n) is 5.36. The molecule has 0 heterocycles. The van der Waals surface area contributed by atoms with Crippen molar-refractivity contribution in [1.29, 1.82) is 0 Å². The molecule has 0 saturated heterocycles. The first-order valence-electron chi connectivity index (χ1n) is 9.89. The fourth-order valence-corrected chi connectivity index (χ4v) is 5.36. The molecule has 2 atom stereocenters. The normalized spacial score (nSPS) is 30.2. The first-order chi connectivity index (χ1) is 13.2. The molecule has 2 aromatic rings. The van der Waals surface area contributed by atoms with Gasteiger partial charge in [-0.2, -0.15) is 0 Å². The SMILES string of the molecule is [N-]=[N+]=NC1CC(=O)C2(CCC(Cc3ccccc3)CC2)C1c1ccccc1. The third-order valence-corrected chi connectivity index (χ3v) is 6.65. The first kappa shape index (κ1) is 17.8. The number of azide groups is 1. The van der Waals surface area contributed by atoms with E-state index in [-0.39, 0.29) is 17.4 Å². The minimum absolute atomic E-state index is 0.0137. The van der Waals surface area contributed by atoms with Crippen LogP contribution >= 0.6 is 0 Å². The lowest BCUT2D eigenvalue weighted by Gasteiger charge is -2.41. The Labute approximate surface area is 160 Å². The van der Waals surface area contributed by atoms with Gasteiger partial charge < -0.3 is 0 Å². The van der Waals surface area contributed by atoms with E-state index in [0.717, 1.165) is 37.7 Å². The lowest BCUT2D eigenvalue weighted by atomic mass is 9.62. The van der Waals surface area contributed by atoms with Gasteiger partial charge in [0, 0.05) is 22.7 Å². The maximum Gasteiger partial charge on any atom is 0.140 e. The highest BCUT2D eigenvalue weighted by atomic mass is 16.1. The number of rotatable bonds is 4. The van der Waals surface area contributed by atoms with Gasteiger partial charge in [0.2, 0.25) is 0 Å². The summed E-state index contributed by atoms with van der Waals surface area (Å²) in [6, 6.07) is 20.6. The second-order valence-electron chi connectivity index (χ2n) is 8.08. The first-order valence-corrected chi connectivity index (χ1v) is 9.89. The van der Waals surface area contributed by atoms with Gasteiger partial charge in [0.25, 0.3) is 0 Å². The highest BCUT2D eigenvalue weighted by Gasteiger charge is 2.55. The number of benzene rings is 2. The summed E-state index contributed by atoms with van der Waals surface area (Å²) in [4.78, 5) is 16.2. The predicted molar refractivity (Wildman–Crippen MR) is 106 cm³/mol. The minimum atomic E-state index is -0.354. The van der Waals surface area contributed by atoms with Crippen LogP contribution in [0.1, 0.15) is 49.1 Å². The third-order valence-electron chi connectivity index (χ3n) is 6.65. The van der Waals surface area contributed by atoms with E-state index in [2.05, 4.69) is 52.5 Å². The van der Waals surface area contributed by atoms with Crippen molar-refractivity contribution in [3.8, 4) is 0 Å². The van der Waals surface area contributed by atoms with Crippen LogP contribution in [-0.4, -0.2) is 11.8 Å². The smallest absolute Gasteiger partial charge is 0.140 e. The van der Waals surface area contributed by atoms with E-state index in [1.54, 1.807) is 0 Å². The average Bonchev–Trinajstić information content (AvgIpc) is 2.96. The van der Waals surface area contributed by atoms with Crippen LogP contribution in [0.25, 0.3) is 10.4 Å². The van der Waals surface area contributed by atoms with E-state index in [0.29, 0.717) is 18.1 Å². The Hall–Kier alpha value is -2.58. The Balaban J connectivity index is 1.57. The van der Waals surface area contributed by atoms with E-state index in [1.807, 2.05) is 18.2 Å².